The summed E-state index contributed by atoms with van der Waals surface area (Å²) in [6.07, 6.45) is 0. The quantitative estimate of drug-likeness (QED) is 0.704. The Balaban J connectivity index is 2.34. The molecule has 0 spiro atoms. The minimum absolute atomic E-state index is 0.0673. The molecule has 0 heterocycles. The Hall–Kier alpha value is -1.04. The molecule has 0 amide bonds. The molecule has 0 fully saturated rings. The van der Waals surface area contributed by atoms with Crippen LogP contribution < -0.4 is 0 Å². The van der Waals surface area contributed by atoms with E-state index >= 15 is 0 Å². The summed E-state index contributed by atoms with van der Waals surface area (Å²) in [5.41, 5.74) is 1.25. The predicted molar refractivity (Wildman–Crippen MR) is 77.9 cm³/mol. The fourth-order valence-electron chi connectivity index (χ4n) is 1.61. The Kier molecular flexibility index (Phi) is 7.55. The molecule has 0 saturated heterocycles. The Morgan fingerprint density at radius 1 is 1.32 bits per heavy atom. The van der Waals surface area contributed by atoms with Gasteiger partial charge < -0.3 is 9.84 Å². The van der Waals surface area contributed by atoms with Gasteiger partial charge in [0.05, 0.1) is 13.2 Å². The molecule has 0 unspecified atom stereocenters. The normalized spacial score (nSPS) is 10.9. The first kappa shape index (κ1) is 16.0. The number of ether oxygens (including phenoxy) is 1. The predicted octanol–water partition coefficient (Wildman–Crippen LogP) is 2.12. The number of aliphatic carboxylic acids is 1. The molecule has 0 aliphatic rings. The maximum atomic E-state index is 10.8. The molecule has 0 aliphatic heterocycles. The standard InChI is InChI=1S/C14H21NO3S/c1-12-3-5-13(6-4-12)19-10-8-15(7-9-18-2)11-14(16)17/h3-6H,7-11H2,1-2H3,(H,16,17). The van der Waals surface area contributed by atoms with Crippen LogP contribution in [0.25, 0.3) is 0 Å². The summed E-state index contributed by atoms with van der Waals surface area (Å²) in [5.74, 6) is 0.0801. The van der Waals surface area contributed by atoms with Crippen LogP contribution in [-0.2, 0) is 9.53 Å². The van der Waals surface area contributed by atoms with Crippen LogP contribution in [0.2, 0.25) is 0 Å². The van der Waals surface area contributed by atoms with Crippen molar-refractivity contribution in [3.05, 3.63) is 29.8 Å². The van der Waals surface area contributed by atoms with E-state index in [9.17, 15) is 4.79 Å². The van der Waals surface area contributed by atoms with Gasteiger partial charge in [-0.05, 0) is 19.1 Å². The number of benzene rings is 1. The molecule has 1 aromatic carbocycles. The molecule has 0 aromatic heterocycles. The van der Waals surface area contributed by atoms with Crippen molar-refractivity contribution in [2.75, 3.05) is 39.1 Å². The smallest absolute Gasteiger partial charge is 0.317 e. The number of carbonyl (C=O) groups is 1. The van der Waals surface area contributed by atoms with Gasteiger partial charge in [-0.25, -0.2) is 0 Å². The summed E-state index contributed by atoms with van der Waals surface area (Å²) < 4.78 is 4.99. The van der Waals surface area contributed by atoms with E-state index in [-0.39, 0.29) is 6.54 Å². The third-order valence-corrected chi connectivity index (χ3v) is 3.66. The maximum Gasteiger partial charge on any atom is 0.317 e. The second kappa shape index (κ2) is 8.96. The molecule has 1 aromatic rings. The number of hydrogen-bond donors (Lipinski definition) is 1. The van der Waals surface area contributed by atoms with Crippen LogP contribution in [0.3, 0.4) is 0 Å². The van der Waals surface area contributed by atoms with Gasteiger partial charge in [-0.2, -0.15) is 0 Å². The van der Waals surface area contributed by atoms with Crippen LogP contribution in [0.15, 0.2) is 29.2 Å². The van der Waals surface area contributed by atoms with Gasteiger partial charge in [0.15, 0.2) is 0 Å². The molecule has 1 rings (SSSR count). The molecule has 0 saturated carbocycles. The summed E-state index contributed by atoms with van der Waals surface area (Å²) in [5, 5.41) is 8.84. The molecule has 1 N–H and O–H groups in total. The number of carboxylic acids is 1. The summed E-state index contributed by atoms with van der Waals surface area (Å²) in [6, 6.07) is 8.36. The van der Waals surface area contributed by atoms with Crippen molar-refractivity contribution < 1.29 is 14.6 Å². The average Bonchev–Trinajstić information content (AvgIpc) is 2.37. The van der Waals surface area contributed by atoms with Crippen LogP contribution in [0, 0.1) is 6.92 Å². The maximum absolute atomic E-state index is 10.8. The van der Waals surface area contributed by atoms with Crippen LogP contribution >= 0.6 is 11.8 Å². The largest absolute Gasteiger partial charge is 0.480 e. The van der Waals surface area contributed by atoms with Crippen molar-refractivity contribution in [1.29, 1.82) is 0 Å². The molecule has 19 heavy (non-hydrogen) atoms. The number of aryl methyl sites for hydroxylation is 1. The van der Waals surface area contributed by atoms with Gasteiger partial charge in [0.25, 0.3) is 0 Å². The van der Waals surface area contributed by atoms with Gasteiger partial charge in [0, 0.05) is 30.8 Å². The summed E-state index contributed by atoms with van der Waals surface area (Å²) in [4.78, 5) is 13.9. The zero-order chi connectivity index (χ0) is 14.1. The highest BCUT2D eigenvalue weighted by atomic mass is 32.2. The lowest BCUT2D eigenvalue weighted by molar-refractivity contribution is -0.138. The van der Waals surface area contributed by atoms with Crippen molar-refractivity contribution in [1.82, 2.24) is 4.90 Å². The van der Waals surface area contributed by atoms with E-state index in [1.165, 1.54) is 10.5 Å². The molecule has 0 bridgehead atoms. The zero-order valence-electron chi connectivity index (χ0n) is 11.5. The molecule has 0 radical (unpaired) electrons. The van der Waals surface area contributed by atoms with Crippen molar-refractivity contribution in [3.8, 4) is 0 Å². The highest BCUT2D eigenvalue weighted by Crippen LogP contribution is 2.18. The fraction of sp³-hybridized carbons (Fsp3) is 0.500. The van der Waals surface area contributed by atoms with Crippen molar-refractivity contribution in [2.45, 2.75) is 11.8 Å². The van der Waals surface area contributed by atoms with Crippen LogP contribution in [0.4, 0.5) is 0 Å². The Labute approximate surface area is 118 Å². The van der Waals surface area contributed by atoms with Gasteiger partial charge in [-0.3, -0.25) is 9.69 Å². The minimum Gasteiger partial charge on any atom is -0.480 e. The van der Waals surface area contributed by atoms with Crippen LogP contribution in [0.1, 0.15) is 5.56 Å². The molecular weight excluding hydrogens is 262 g/mol. The molecule has 5 heteroatoms. The lowest BCUT2D eigenvalue weighted by Crippen LogP contribution is -2.34. The molecule has 0 aliphatic carbocycles. The number of nitrogens with zero attached hydrogens (tertiary/aromatic N) is 1. The fourth-order valence-corrected chi connectivity index (χ4v) is 2.52. The Morgan fingerprint density at radius 3 is 2.58 bits per heavy atom. The average molecular weight is 283 g/mol. The first-order valence-corrected chi connectivity index (χ1v) is 7.23. The summed E-state index contributed by atoms with van der Waals surface area (Å²) in [7, 11) is 1.62. The first-order chi connectivity index (χ1) is 9.11. The summed E-state index contributed by atoms with van der Waals surface area (Å²) >= 11 is 1.74. The van der Waals surface area contributed by atoms with Gasteiger partial charge in [-0.1, -0.05) is 17.7 Å². The zero-order valence-corrected chi connectivity index (χ0v) is 12.3. The summed E-state index contributed by atoms with van der Waals surface area (Å²) in [6.45, 7) is 4.08. The van der Waals surface area contributed by atoms with Crippen molar-refractivity contribution >= 4 is 17.7 Å². The van der Waals surface area contributed by atoms with E-state index in [1.54, 1.807) is 18.9 Å². The molecular formula is C14H21NO3S. The van der Waals surface area contributed by atoms with E-state index in [0.29, 0.717) is 13.2 Å². The third-order valence-electron chi connectivity index (χ3n) is 2.67. The highest BCUT2D eigenvalue weighted by Gasteiger charge is 2.09. The second-order valence-electron chi connectivity index (χ2n) is 4.32. The van der Waals surface area contributed by atoms with Gasteiger partial charge in [-0.15, -0.1) is 11.8 Å². The van der Waals surface area contributed by atoms with Crippen LogP contribution in [0.5, 0.6) is 0 Å². The van der Waals surface area contributed by atoms with Gasteiger partial charge >= 0.3 is 5.97 Å². The number of thioether (sulfide) groups is 1. The number of rotatable bonds is 9. The first-order valence-electron chi connectivity index (χ1n) is 6.24. The SMILES string of the molecule is COCCN(CCSc1ccc(C)cc1)CC(=O)O. The number of hydrogen-bond acceptors (Lipinski definition) is 4. The van der Waals surface area contributed by atoms with E-state index in [4.69, 9.17) is 9.84 Å². The van der Waals surface area contributed by atoms with E-state index in [1.807, 2.05) is 4.90 Å². The van der Waals surface area contributed by atoms with E-state index in [0.717, 1.165) is 12.3 Å². The molecule has 0 atom stereocenters. The van der Waals surface area contributed by atoms with Gasteiger partial charge in [0.1, 0.15) is 0 Å². The Bertz CT molecular complexity index is 381. The third kappa shape index (κ3) is 7.20. The number of carboxylic acid groups (broad SMARTS) is 1. The highest BCUT2D eigenvalue weighted by molar-refractivity contribution is 7.99. The van der Waals surface area contributed by atoms with Gasteiger partial charge in [0.2, 0.25) is 0 Å². The molecule has 106 valence electrons. The lowest BCUT2D eigenvalue weighted by Gasteiger charge is -2.19. The Morgan fingerprint density at radius 2 is 2.00 bits per heavy atom. The van der Waals surface area contributed by atoms with Crippen molar-refractivity contribution in [2.24, 2.45) is 0 Å². The topological polar surface area (TPSA) is 49.8 Å². The van der Waals surface area contributed by atoms with Crippen molar-refractivity contribution in [3.63, 3.8) is 0 Å². The lowest BCUT2D eigenvalue weighted by atomic mass is 10.2. The minimum atomic E-state index is -0.795. The molecule has 4 nitrogen and oxygen atoms in total. The van der Waals surface area contributed by atoms with Crippen LogP contribution in [-0.4, -0.2) is 55.1 Å². The van der Waals surface area contributed by atoms with E-state index < -0.39 is 5.97 Å². The monoisotopic (exact) mass is 283 g/mol. The van der Waals surface area contributed by atoms with E-state index in [2.05, 4.69) is 31.2 Å². The number of methoxy groups -OCH3 is 1. The second-order valence-corrected chi connectivity index (χ2v) is 5.49.